The van der Waals surface area contributed by atoms with Crippen LogP contribution in [0.1, 0.15) is 28.5 Å². The van der Waals surface area contributed by atoms with Crippen molar-refractivity contribution in [2.45, 2.75) is 19.4 Å². The molecule has 2 N–H and O–H groups in total. The molecule has 1 aromatic carbocycles. The van der Waals surface area contributed by atoms with E-state index in [-0.39, 0.29) is 6.04 Å². The van der Waals surface area contributed by atoms with Crippen LogP contribution in [0.4, 0.5) is 0 Å². The highest BCUT2D eigenvalue weighted by atomic mass is 35.5. The summed E-state index contributed by atoms with van der Waals surface area (Å²) < 4.78 is 11.3. The van der Waals surface area contributed by atoms with Gasteiger partial charge in [-0.3, -0.25) is 0 Å². The zero-order valence-corrected chi connectivity index (χ0v) is 12.8. The summed E-state index contributed by atoms with van der Waals surface area (Å²) in [5.74, 6) is 1.55. The second-order valence-electron chi connectivity index (χ2n) is 4.83. The maximum atomic E-state index is 6.33. The molecule has 1 aromatic heterocycles. The van der Waals surface area contributed by atoms with Gasteiger partial charge < -0.3 is 15.2 Å². The van der Waals surface area contributed by atoms with Crippen molar-refractivity contribution in [2.24, 2.45) is 5.73 Å². The number of nitrogens with two attached hydrogens (primary N) is 1. The summed E-state index contributed by atoms with van der Waals surface area (Å²) in [6, 6.07) is 5.61. The Labute approximate surface area is 127 Å². The van der Waals surface area contributed by atoms with Crippen molar-refractivity contribution >= 4 is 22.9 Å². The highest BCUT2D eigenvalue weighted by molar-refractivity contribution is 7.10. The molecule has 0 saturated heterocycles. The molecule has 0 radical (unpaired) electrons. The van der Waals surface area contributed by atoms with Gasteiger partial charge in [0, 0.05) is 11.3 Å². The lowest BCUT2D eigenvalue weighted by atomic mass is 10.0. The molecule has 1 atom stereocenters. The quantitative estimate of drug-likeness (QED) is 0.914. The van der Waals surface area contributed by atoms with Crippen LogP contribution in [-0.2, 0) is 0 Å². The Bertz CT molecular complexity index is 626. The number of thiophene rings is 1. The molecule has 0 fully saturated rings. The van der Waals surface area contributed by atoms with Crippen molar-refractivity contribution < 1.29 is 9.47 Å². The zero-order chi connectivity index (χ0) is 14.1. The van der Waals surface area contributed by atoms with Crippen molar-refractivity contribution in [3.8, 4) is 11.5 Å². The Balaban J connectivity index is 1.94. The molecule has 1 unspecified atom stereocenters. The molecule has 5 heteroatoms. The predicted molar refractivity (Wildman–Crippen MR) is 82.1 cm³/mol. The SMILES string of the molecule is Cc1csc(C(N)c2ccc3c(c2)OCCCO3)c1Cl. The van der Waals surface area contributed by atoms with E-state index in [4.69, 9.17) is 26.8 Å². The third-order valence-electron chi connectivity index (χ3n) is 3.34. The Hall–Kier alpha value is -1.23. The maximum Gasteiger partial charge on any atom is 0.161 e. The normalized spacial score (nSPS) is 15.8. The van der Waals surface area contributed by atoms with Crippen LogP contribution >= 0.6 is 22.9 Å². The van der Waals surface area contributed by atoms with E-state index >= 15 is 0 Å². The first-order valence-electron chi connectivity index (χ1n) is 6.55. The highest BCUT2D eigenvalue weighted by Gasteiger charge is 2.19. The number of hydrogen-bond donors (Lipinski definition) is 1. The molecule has 0 aliphatic carbocycles. The molecule has 20 heavy (non-hydrogen) atoms. The molecule has 1 aliphatic rings. The second-order valence-corrected chi connectivity index (χ2v) is 6.12. The van der Waals surface area contributed by atoms with Crippen LogP contribution in [0.15, 0.2) is 23.6 Å². The number of halogens is 1. The summed E-state index contributed by atoms with van der Waals surface area (Å²) >= 11 is 7.89. The first-order chi connectivity index (χ1) is 9.66. The van der Waals surface area contributed by atoms with Gasteiger partial charge >= 0.3 is 0 Å². The molecular weight excluding hydrogens is 294 g/mol. The van der Waals surface area contributed by atoms with E-state index in [0.29, 0.717) is 13.2 Å². The van der Waals surface area contributed by atoms with Gasteiger partial charge in [-0.05, 0) is 35.6 Å². The average molecular weight is 310 g/mol. The van der Waals surface area contributed by atoms with E-state index in [1.165, 1.54) is 0 Å². The van der Waals surface area contributed by atoms with Crippen LogP contribution in [0.3, 0.4) is 0 Å². The average Bonchev–Trinajstić information content (AvgIpc) is 2.68. The number of aryl methyl sites for hydroxylation is 1. The third-order valence-corrected chi connectivity index (χ3v) is 5.14. The van der Waals surface area contributed by atoms with Crippen LogP contribution in [0.5, 0.6) is 11.5 Å². The summed E-state index contributed by atoms with van der Waals surface area (Å²) in [4.78, 5) is 0.985. The molecule has 0 spiro atoms. The number of fused-ring (bicyclic) bond motifs is 1. The largest absolute Gasteiger partial charge is 0.490 e. The topological polar surface area (TPSA) is 44.5 Å². The molecule has 2 aromatic rings. The number of benzene rings is 1. The number of rotatable bonds is 2. The van der Waals surface area contributed by atoms with E-state index in [9.17, 15) is 0 Å². The van der Waals surface area contributed by atoms with Crippen LogP contribution < -0.4 is 15.2 Å². The van der Waals surface area contributed by atoms with Gasteiger partial charge in [0.25, 0.3) is 0 Å². The summed E-state index contributed by atoms with van der Waals surface area (Å²) in [6.07, 6.45) is 0.895. The first-order valence-corrected chi connectivity index (χ1v) is 7.81. The van der Waals surface area contributed by atoms with Gasteiger partial charge in [-0.25, -0.2) is 0 Å². The van der Waals surface area contributed by atoms with Crippen LogP contribution in [-0.4, -0.2) is 13.2 Å². The van der Waals surface area contributed by atoms with Gasteiger partial charge in [-0.1, -0.05) is 17.7 Å². The van der Waals surface area contributed by atoms with Crippen molar-refractivity contribution in [3.05, 3.63) is 44.6 Å². The molecule has 0 amide bonds. The fourth-order valence-corrected chi connectivity index (χ4v) is 3.52. The van der Waals surface area contributed by atoms with Crippen molar-refractivity contribution in [2.75, 3.05) is 13.2 Å². The minimum absolute atomic E-state index is 0.238. The summed E-state index contributed by atoms with van der Waals surface area (Å²) in [5.41, 5.74) is 8.38. The standard InChI is InChI=1S/C15H16ClNO2S/c1-9-8-20-15(13(9)16)14(17)10-3-4-11-12(7-10)19-6-2-5-18-11/h3-4,7-8,14H,2,5-6,17H2,1H3. The van der Waals surface area contributed by atoms with Gasteiger partial charge in [-0.2, -0.15) is 0 Å². The van der Waals surface area contributed by atoms with Gasteiger partial charge in [0.05, 0.1) is 24.3 Å². The lowest BCUT2D eigenvalue weighted by Crippen LogP contribution is -2.11. The lowest BCUT2D eigenvalue weighted by Gasteiger charge is -2.14. The molecule has 1 aliphatic heterocycles. The monoisotopic (exact) mass is 309 g/mol. The Kier molecular flexibility index (Phi) is 3.87. The van der Waals surface area contributed by atoms with E-state index in [2.05, 4.69) is 0 Å². The van der Waals surface area contributed by atoms with Gasteiger partial charge in [0.15, 0.2) is 11.5 Å². The Morgan fingerprint density at radius 1 is 1.25 bits per heavy atom. The summed E-state index contributed by atoms with van der Waals surface area (Å²) in [6.45, 7) is 3.35. The number of hydrogen-bond acceptors (Lipinski definition) is 4. The molecule has 3 nitrogen and oxygen atoms in total. The Morgan fingerprint density at radius 2 is 2.00 bits per heavy atom. The molecular formula is C15H16ClNO2S. The molecule has 106 valence electrons. The minimum atomic E-state index is -0.238. The van der Waals surface area contributed by atoms with E-state index < -0.39 is 0 Å². The predicted octanol–water partition coefficient (Wildman–Crippen LogP) is 3.92. The first kappa shape index (κ1) is 13.7. The zero-order valence-electron chi connectivity index (χ0n) is 11.2. The van der Waals surface area contributed by atoms with Gasteiger partial charge in [-0.15, -0.1) is 11.3 Å². The van der Waals surface area contributed by atoms with Crippen LogP contribution in [0, 0.1) is 6.92 Å². The maximum absolute atomic E-state index is 6.33. The number of ether oxygens (including phenoxy) is 2. The molecule has 0 bridgehead atoms. The lowest BCUT2D eigenvalue weighted by molar-refractivity contribution is 0.297. The minimum Gasteiger partial charge on any atom is -0.490 e. The molecule has 3 rings (SSSR count). The third kappa shape index (κ3) is 2.51. The van der Waals surface area contributed by atoms with Crippen molar-refractivity contribution in [3.63, 3.8) is 0 Å². The van der Waals surface area contributed by atoms with Crippen molar-refractivity contribution in [1.29, 1.82) is 0 Å². The van der Waals surface area contributed by atoms with E-state index in [1.54, 1.807) is 11.3 Å². The second kappa shape index (κ2) is 5.64. The van der Waals surface area contributed by atoms with E-state index in [0.717, 1.165) is 38.9 Å². The van der Waals surface area contributed by atoms with E-state index in [1.807, 2.05) is 30.5 Å². The van der Waals surface area contributed by atoms with Crippen molar-refractivity contribution in [1.82, 2.24) is 0 Å². The fraction of sp³-hybridized carbons (Fsp3) is 0.333. The fourth-order valence-electron chi connectivity index (χ4n) is 2.18. The van der Waals surface area contributed by atoms with Crippen LogP contribution in [0.25, 0.3) is 0 Å². The van der Waals surface area contributed by atoms with Crippen LogP contribution in [0.2, 0.25) is 5.02 Å². The highest BCUT2D eigenvalue weighted by Crippen LogP contribution is 2.37. The molecule has 0 saturated carbocycles. The molecule has 2 heterocycles. The van der Waals surface area contributed by atoms with Gasteiger partial charge in [0.1, 0.15) is 0 Å². The summed E-state index contributed by atoms with van der Waals surface area (Å²) in [7, 11) is 0. The summed E-state index contributed by atoms with van der Waals surface area (Å²) in [5, 5.41) is 2.79. The Morgan fingerprint density at radius 3 is 2.70 bits per heavy atom. The smallest absolute Gasteiger partial charge is 0.161 e. The van der Waals surface area contributed by atoms with Gasteiger partial charge in [0.2, 0.25) is 0 Å².